The number of aliphatic hydroxyl groups is 1. The van der Waals surface area contributed by atoms with E-state index in [1.165, 1.54) is 0 Å². The van der Waals surface area contributed by atoms with E-state index in [0.29, 0.717) is 23.6 Å². The van der Waals surface area contributed by atoms with Crippen molar-refractivity contribution in [2.75, 3.05) is 13.2 Å². The lowest BCUT2D eigenvalue weighted by Gasteiger charge is -2.25. The molecule has 0 spiro atoms. The zero-order chi connectivity index (χ0) is 14.3. The first-order valence-corrected chi connectivity index (χ1v) is 6.75. The Labute approximate surface area is 118 Å². The fourth-order valence-electron chi connectivity index (χ4n) is 1.52. The van der Waals surface area contributed by atoms with Crippen LogP contribution in [0.25, 0.3) is 0 Å². The number of halogens is 1. The number of carbonyl (C=O) groups excluding carboxylic acids is 1. The molecule has 0 aliphatic heterocycles. The first kappa shape index (κ1) is 15.8. The van der Waals surface area contributed by atoms with Gasteiger partial charge >= 0.3 is 0 Å². The van der Waals surface area contributed by atoms with Gasteiger partial charge in [0.1, 0.15) is 5.75 Å². The van der Waals surface area contributed by atoms with Crippen molar-refractivity contribution in [1.29, 1.82) is 0 Å². The summed E-state index contributed by atoms with van der Waals surface area (Å²) in [6.45, 7) is 3.88. The highest BCUT2D eigenvalue weighted by atomic mass is 35.5. The van der Waals surface area contributed by atoms with Gasteiger partial charge in [0.2, 0.25) is 0 Å². The van der Waals surface area contributed by atoms with Crippen molar-refractivity contribution in [2.24, 2.45) is 0 Å². The van der Waals surface area contributed by atoms with E-state index >= 15 is 0 Å². The van der Waals surface area contributed by atoms with Crippen LogP contribution in [-0.2, 0) is 4.79 Å². The third kappa shape index (κ3) is 5.09. The number of benzene rings is 1. The van der Waals surface area contributed by atoms with E-state index in [0.717, 1.165) is 0 Å². The van der Waals surface area contributed by atoms with Gasteiger partial charge in [0.15, 0.2) is 6.61 Å². The molecule has 0 saturated heterocycles. The van der Waals surface area contributed by atoms with Crippen LogP contribution in [0.15, 0.2) is 24.3 Å². The maximum Gasteiger partial charge on any atom is 0.258 e. The summed E-state index contributed by atoms with van der Waals surface area (Å²) in [5.41, 5.74) is -0.847. The van der Waals surface area contributed by atoms with E-state index in [1.807, 2.05) is 13.8 Å². The van der Waals surface area contributed by atoms with Crippen LogP contribution in [0.2, 0.25) is 5.02 Å². The van der Waals surface area contributed by atoms with Gasteiger partial charge in [0.25, 0.3) is 5.91 Å². The second-order valence-electron chi connectivity index (χ2n) is 4.43. The smallest absolute Gasteiger partial charge is 0.258 e. The molecule has 1 aromatic rings. The monoisotopic (exact) mass is 285 g/mol. The highest BCUT2D eigenvalue weighted by molar-refractivity contribution is 6.32. The molecule has 0 unspecified atom stereocenters. The maximum absolute atomic E-state index is 11.6. The topological polar surface area (TPSA) is 58.6 Å². The summed E-state index contributed by atoms with van der Waals surface area (Å²) in [5, 5.41) is 13.2. The lowest BCUT2D eigenvalue weighted by molar-refractivity contribution is -0.124. The van der Waals surface area contributed by atoms with E-state index in [2.05, 4.69) is 5.32 Å². The van der Waals surface area contributed by atoms with Crippen LogP contribution in [0.4, 0.5) is 0 Å². The summed E-state index contributed by atoms with van der Waals surface area (Å²) in [4.78, 5) is 11.6. The van der Waals surface area contributed by atoms with Crippen molar-refractivity contribution < 1.29 is 14.6 Å². The van der Waals surface area contributed by atoms with E-state index in [1.54, 1.807) is 24.3 Å². The molecule has 4 nitrogen and oxygen atoms in total. The first-order chi connectivity index (χ1) is 9.00. The Bertz CT molecular complexity index is 419. The van der Waals surface area contributed by atoms with Crippen LogP contribution in [0, 0.1) is 0 Å². The van der Waals surface area contributed by atoms with Crippen LogP contribution < -0.4 is 10.1 Å². The lowest BCUT2D eigenvalue weighted by Crippen LogP contribution is -2.43. The quantitative estimate of drug-likeness (QED) is 0.809. The van der Waals surface area contributed by atoms with Crippen LogP contribution in [0.1, 0.15) is 26.7 Å². The molecule has 0 saturated carbocycles. The van der Waals surface area contributed by atoms with E-state index in [9.17, 15) is 9.90 Å². The minimum atomic E-state index is -0.847. The molecule has 5 heteroatoms. The van der Waals surface area contributed by atoms with Crippen molar-refractivity contribution in [2.45, 2.75) is 32.3 Å². The Kier molecular flexibility index (Phi) is 6.12. The van der Waals surface area contributed by atoms with Gasteiger partial charge in [0, 0.05) is 6.54 Å². The standard InChI is InChI=1S/C14H20ClNO3/c1-3-14(18,4-2)10-16-13(17)9-19-12-8-6-5-7-11(12)15/h5-8,18H,3-4,9-10H2,1-2H3,(H,16,17). The maximum atomic E-state index is 11.6. The fourth-order valence-corrected chi connectivity index (χ4v) is 1.71. The third-order valence-corrected chi connectivity index (χ3v) is 3.44. The minimum Gasteiger partial charge on any atom is -0.482 e. The molecule has 0 fully saturated rings. The van der Waals surface area contributed by atoms with E-state index in [-0.39, 0.29) is 19.1 Å². The van der Waals surface area contributed by atoms with E-state index < -0.39 is 5.60 Å². The summed E-state index contributed by atoms with van der Waals surface area (Å²) in [5.74, 6) is 0.195. The molecule has 0 aromatic heterocycles. The van der Waals surface area contributed by atoms with Gasteiger partial charge in [-0.25, -0.2) is 0 Å². The fraction of sp³-hybridized carbons (Fsp3) is 0.500. The molecule has 19 heavy (non-hydrogen) atoms. The molecular formula is C14H20ClNO3. The van der Waals surface area contributed by atoms with Crippen molar-refractivity contribution in [3.05, 3.63) is 29.3 Å². The van der Waals surface area contributed by atoms with Crippen molar-refractivity contribution in [3.8, 4) is 5.75 Å². The molecule has 106 valence electrons. The van der Waals surface area contributed by atoms with Gasteiger partial charge < -0.3 is 15.2 Å². The molecule has 0 aliphatic carbocycles. The summed E-state index contributed by atoms with van der Waals surface area (Å²) >= 11 is 5.91. The van der Waals surface area contributed by atoms with Gasteiger partial charge in [-0.2, -0.15) is 0 Å². The Morgan fingerprint density at radius 3 is 2.58 bits per heavy atom. The predicted molar refractivity (Wildman–Crippen MR) is 75.5 cm³/mol. The average molecular weight is 286 g/mol. The number of hydrogen-bond acceptors (Lipinski definition) is 3. The zero-order valence-electron chi connectivity index (χ0n) is 11.3. The Hall–Kier alpha value is -1.26. The second-order valence-corrected chi connectivity index (χ2v) is 4.83. The number of nitrogens with one attached hydrogen (secondary N) is 1. The molecule has 1 rings (SSSR count). The van der Waals surface area contributed by atoms with Gasteiger partial charge in [-0.3, -0.25) is 4.79 Å². The number of ether oxygens (including phenoxy) is 1. The third-order valence-electron chi connectivity index (χ3n) is 3.13. The number of carbonyl (C=O) groups is 1. The Balaban J connectivity index is 2.39. The summed E-state index contributed by atoms with van der Waals surface area (Å²) < 4.78 is 5.31. The van der Waals surface area contributed by atoms with Crippen LogP contribution in [0.5, 0.6) is 5.75 Å². The summed E-state index contributed by atoms with van der Waals surface area (Å²) in [6.07, 6.45) is 1.18. The normalized spacial score (nSPS) is 11.2. The van der Waals surface area contributed by atoms with Gasteiger partial charge in [-0.1, -0.05) is 37.6 Å². The Morgan fingerprint density at radius 2 is 2.00 bits per heavy atom. The second kappa shape index (κ2) is 7.36. The predicted octanol–water partition coefficient (Wildman–Crippen LogP) is 2.39. The summed E-state index contributed by atoms with van der Waals surface area (Å²) in [6, 6.07) is 6.97. The molecule has 2 N–H and O–H groups in total. The highest BCUT2D eigenvalue weighted by Gasteiger charge is 2.22. The zero-order valence-corrected chi connectivity index (χ0v) is 12.0. The molecule has 1 amide bonds. The average Bonchev–Trinajstić information content (AvgIpc) is 2.44. The number of rotatable bonds is 7. The molecule has 0 atom stereocenters. The van der Waals surface area contributed by atoms with E-state index in [4.69, 9.17) is 16.3 Å². The largest absolute Gasteiger partial charge is 0.482 e. The van der Waals surface area contributed by atoms with Crippen LogP contribution >= 0.6 is 11.6 Å². The molecule has 0 aliphatic rings. The van der Waals surface area contributed by atoms with Gasteiger partial charge in [0.05, 0.1) is 10.6 Å². The molecule has 0 radical (unpaired) electrons. The lowest BCUT2D eigenvalue weighted by atomic mass is 9.98. The van der Waals surface area contributed by atoms with Crippen LogP contribution in [0.3, 0.4) is 0 Å². The number of para-hydroxylation sites is 1. The van der Waals surface area contributed by atoms with Gasteiger partial charge in [-0.05, 0) is 25.0 Å². The number of amides is 1. The number of hydrogen-bond donors (Lipinski definition) is 2. The van der Waals surface area contributed by atoms with Gasteiger partial charge in [-0.15, -0.1) is 0 Å². The molecule has 0 heterocycles. The molecular weight excluding hydrogens is 266 g/mol. The van der Waals surface area contributed by atoms with Crippen LogP contribution in [-0.4, -0.2) is 29.8 Å². The highest BCUT2D eigenvalue weighted by Crippen LogP contribution is 2.22. The van der Waals surface area contributed by atoms with Crippen molar-refractivity contribution >= 4 is 17.5 Å². The first-order valence-electron chi connectivity index (χ1n) is 6.37. The summed E-state index contributed by atoms with van der Waals surface area (Å²) in [7, 11) is 0. The Morgan fingerprint density at radius 1 is 1.37 bits per heavy atom. The van der Waals surface area contributed by atoms with Crippen molar-refractivity contribution in [3.63, 3.8) is 0 Å². The SMILES string of the molecule is CCC(O)(CC)CNC(=O)COc1ccccc1Cl. The molecule has 0 bridgehead atoms. The van der Waals surface area contributed by atoms with Crippen molar-refractivity contribution in [1.82, 2.24) is 5.32 Å². The molecule has 1 aromatic carbocycles. The minimum absolute atomic E-state index is 0.118.